The predicted molar refractivity (Wildman–Crippen MR) is 116 cm³/mol. The maximum absolute atomic E-state index is 12.5. The summed E-state index contributed by atoms with van der Waals surface area (Å²) in [7, 11) is 1.54. The molecule has 1 aromatic heterocycles. The summed E-state index contributed by atoms with van der Waals surface area (Å²) >= 11 is 1.53. The van der Waals surface area contributed by atoms with E-state index in [9.17, 15) is 8.42 Å². The first-order valence-electron chi connectivity index (χ1n) is 8.08. The molecule has 0 aliphatic heterocycles. The summed E-state index contributed by atoms with van der Waals surface area (Å²) in [6, 6.07) is 15.2. The van der Waals surface area contributed by atoms with Crippen molar-refractivity contribution in [2.24, 2.45) is 12.0 Å². The van der Waals surface area contributed by atoms with Crippen molar-refractivity contribution < 1.29 is 8.42 Å². The van der Waals surface area contributed by atoms with Crippen LogP contribution in [0.5, 0.6) is 0 Å². The van der Waals surface area contributed by atoms with Crippen molar-refractivity contribution in [1.82, 2.24) is 8.87 Å². The van der Waals surface area contributed by atoms with E-state index in [1.165, 1.54) is 15.6 Å². The molecule has 8 heteroatoms. The molecule has 0 fully saturated rings. The van der Waals surface area contributed by atoms with Gasteiger partial charge in [0.05, 0.1) is 16.3 Å². The van der Waals surface area contributed by atoms with E-state index in [4.69, 9.17) is 0 Å². The molecule has 0 radical (unpaired) electrons. The number of thiazole rings is 1. The Bertz CT molecular complexity index is 1100. The molecule has 3 rings (SSSR count). The van der Waals surface area contributed by atoms with Gasteiger partial charge in [0.15, 0.2) is 4.80 Å². The molecule has 0 saturated heterocycles. The Hall–Kier alpha value is -1.74. The molecule has 0 bridgehead atoms. The maximum Gasteiger partial charge on any atom is 0.242 e. The SMILES string of the molecule is Br.Cc1cc(-c2csc(=Nc3ccccc3)n2C)cc(S(=O)(=O)N(C)C)c1. The summed E-state index contributed by atoms with van der Waals surface area (Å²) in [5.74, 6) is 0. The fraction of sp³-hybridized carbons (Fsp3) is 0.211. The Labute approximate surface area is 174 Å². The lowest BCUT2D eigenvalue weighted by molar-refractivity contribution is 0.520. The molecule has 5 nitrogen and oxygen atoms in total. The zero-order valence-corrected chi connectivity index (χ0v) is 18.9. The zero-order valence-electron chi connectivity index (χ0n) is 15.6. The highest BCUT2D eigenvalue weighted by Crippen LogP contribution is 2.26. The van der Waals surface area contributed by atoms with E-state index in [2.05, 4.69) is 4.99 Å². The van der Waals surface area contributed by atoms with Gasteiger partial charge in [-0.1, -0.05) is 18.2 Å². The lowest BCUT2D eigenvalue weighted by atomic mass is 10.1. The molecule has 0 saturated carbocycles. The van der Waals surface area contributed by atoms with Gasteiger partial charge >= 0.3 is 0 Å². The average Bonchev–Trinajstić information content (AvgIpc) is 2.96. The van der Waals surface area contributed by atoms with Gasteiger partial charge in [0.1, 0.15) is 0 Å². The number of rotatable bonds is 4. The number of benzene rings is 2. The van der Waals surface area contributed by atoms with E-state index in [1.807, 2.05) is 60.3 Å². The van der Waals surface area contributed by atoms with Gasteiger partial charge in [-0.25, -0.2) is 17.7 Å². The van der Waals surface area contributed by atoms with Crippen molar-refractivity contribution in [1.29, 1.82) is 0 Å². The molecular weight excluding hydrogens is 446 g/mol. The number of hydrogen-bond acceptors (Lipinski definition) is 4. The number of halogens is 1. The number of hydrogen-bond donors (Lipinski definition) is 0. The molecule has 0 atom stereocenters. The van der Waals surface area contributed by atoms with Crippen LogP contribution in [0.2, 0.25) is 0 Å². The third-order valence-electron chi connectivity index (χ3n) is 4.03. The first kappa shape index (κ1) is 21.6. The monoisotopic (exact) mass is 467 g/mol. The van der Waals surface area contributed by atoms with E-state index >= 15 is 0 Å². The highest BCUT2D eigenvalue weighted by molar-refractivity contribution is 8.93. The van der Waals surface area contributed by atoms with Crippen LogP contribution in [0.15, 0.2) is 63.8 Å². The smallest absolute Gasteiger partial charge is 0.242 e. The average molecular weight is 468 g/mol. The molecule has 0 unspecified atom stereocenters. The van der Waals surface area contributed by atoms with Crippen molar-refractivity contribution in [3.8, 4) is 11.3 Å². The van der Waals surface area contributed by atoms with Gasteiger partial charge < -0.3 is 4.57 Å². The van der Waals surface area contributed by atoms with Gasteiger partial charge in [-0.15, -0.1) is 28.3 Å². The van der Waals surface area contributed by atoms with Gasteiger partial charge in [0.2, 0.25) is 10.0 Å². The third-order valence-corrected chi connectivity index (χ3v) is 6.74. The molecule has 0 N–H and O–H groups in total. The lowest BCUT2D eigenvalue weighted by Crippen LogP contribution is -2.22. The van der Waals surface area contributed by atoms with Gasteiger partial charge in [-0.05, 0) is 42.8 Å². The van der Waals surface area contributed by atoms with Crippen LogP contribution in [0.1, 0.15) is 5.56 Å². The first-order chi connectivity index (χ1) is 12.3. The lowest BCUT2D eigenvalue weighted by Gasteiger charge is -2.13. The van der Waals surface area contributed by atoms with Crippen LogP contribution < -0.4 is 4.80 Å². The van der Waals surface area contributed by atoms with E-state index in [0.717, 1.165) is 27.3 Å². The molecule has 1 heterocycles. The maximum atomic E-state index is 12.5. The molecule has 0 aliphatic carbocycles. The largest absolute Gasteiger partial charge is 0.320 e. The van der Waals surface area contributed by atoms with Crippen LogP contribution in [0.25, 0.3) is 11.3 Å². The van der Waals surface area contributed by atoms with Crippen molar-refractivity contribution in [3.63, 3.8) is 0 Å². The molecule has 0 spiro atoms. The molecule has 144 valence electrons. The Morgan fingerprint density at radius 2 is 1.74 bits per heavy atom. The second kappa shape index (κ2) is 8.52. The third kappa shape index (κ3) is 4.57. The fourth-order valence-corrected chi connectivity index (χ4v) is 4.56. The van der Waals surface area contributed by atoms with Crippen molar-refractivity contribution >= 4 is 44.0 Å². The van der Waals surface area contributed by atoms with Gasteiger partial charge in [-0.2, -0.15) is 0 Å². The predicted octanol–water partition coefficient (Wildman–Crippen LogP) is 4.12. The first-order valence-corrected chi connectivity index (χ1v) is 10.4. The van der Waals surface area contributed by atoms with E-state index in [1.54, 1.807) is 26.2 Å². The molecule has 27 heavy (non-hydrogen) atoms. The molecule has 0 aliphatic rings. The van der Waals surface area contributed by atoms with Crippen molar-refractivity contribution in [2.45, 2.75) is 11.8 Å². The minimum atomic E-state index is -3.48. The number of sulfonamides is 1. The number of nitrogens with zero attached hydrogens (tertiary/aromatic N) is 3. The number of para-hydroxylation sites is 1. The van der Waals surface area contributed by atoms with Crippen LogP contribution in [0, 0.1) is 6.92 Å². The normalized spacial score (nSPS) is 12.3. The van der Waals surface area contributed by atoms with Crippen LogP contribution in [0.4, 0.5) is 5.69 Å². The van der Waals surface area contributed by atoms with Crippen molar-refractivity contribution in [3.05, 3.63) is 64.3 Å². The minimum absolute atomic E-state index is 0. The van der Waals surface area contributed by atoms with Crippen molar-refractivity contribution in [2.75, 3.05) is 14.1 Å². The Morgan fingerprint density at radius 3 is 2.37 bits per heavy atom. The van der Waals surface area contributed by atoms with Gasteiger partial charge in [0, 0.05) is 32.1 Å². The topological polar surface area (TPSA) is 54.7 Å². The second-order valence-corrected chi connectivity index (χ2v) is 9.22. The molecular formula is C19H22BrN3O2S2. The number of aryl methyl sites for hydroxylation is 1. The van der Waals surface area contributed by atoms with Gasteiger partial charge in [-0.3, -0.25) is 0 Å². The minimum Gasteiger partial charge on any atom is -0.320 e. The number of aromatic nitrogens is 1. The van der Waals surface area contributed by atoms with Gasteiger partial charge in [0.25, 0.3) is 0 Å². The Morgan fingerprint density at radius 1 is 1.07 bits per heavy atom. The Kier molecular flexibility index (Phi) is 6.80. The van der Waals surface area contributed by atoms with Crippen LogP contribution >= 0.6 is 28.3 Å². The summed E-state index contributed by atoms with van der Waals surface area (Å²) < 4.78 is 28.2. The summed E-state index contributed by atoms with van der Waals surface area (Å²) in [5.41, 5.74) is 3.58. The zero-order chi connectivity index (χ0) is 18.9. The standard InChI is InChI=1S/C19H21N3O2S2.BrH/c1-14-10-15(12-17(11-14)26(23,24)21(2)3)18-13-25-19(22(18)4)20-16-8-6-5-7-9-16;/h5-13H,1-4H3;1H. The van der Waals surface area contributed by atoms with E-state index in [0.29, 0.717) is 4.90 Å². The highest BCUT2D eigenvalue weighted by Gasteiger charge is 2.19. The van der Waals surface area contributed by atoms with Crippen LogP contribution in [-0.4, -0.2) is 31.4 Å². The molecule has 3 aromatic rings. The molecule has 0 amide bonds. The molecule has 2 aromatic carbocycles. The van der Waals surface area contributed by atoms with E-state index < -0.39 is 10.0 Å². The summed E-state index contributed by atoms with van der Waals surface area (Å²) in [4.78, 5) is 5.81. The quantitative estimate of drug-likeness (QED) is 0.579. The summed E-state index contributed by atoms with van der Waals surface area (Å²) in [6.07, 6.45) is 0. The Balaban J connectivity index is 0.00000261. The summed E-state index contributed by atoms with van der Waals surface area (Å²) in [5, 5.41) is 2.00. The fourth-order valence-electron chi connectivity index (χ4n) is 2.60. The second-order valence-electron chi connectivity index (χ2n) is 6.23. The summed E-state index contributed by atoms with van der Waals surface area (Å²) in [6.45, 7) is 1.90. The van der Waals surface area contributed by atoms with E-state index in [-0.39, 0.29) is 17.0 Å². The van der Waals surface area contributed by atoms with Crippen LogP contribution in [-0.2, 0) is 17.1 Å². The highest BCUT2D eigenvalue weighted by atomic mass is 79.9. The van der Waals surface area contributed by atoms with Crippen LogP contribution in [0.3, 0.4) is 0 Å².